The van der Waals surface area contributed by atoms with Crippen molar-refractivity contribution in [3.8, 4) is 0 Å². The average Bonchev–Trinajstić information content (AvgIpc) is 3.04. The zero-order chi connectivity index (χ0) is 22.6. The average molecular weight is 429 g/mol. The van der Waals surface area contributed by atoms with E-state index in [2.05, 4.69) is 55.4 Å². The van der Waals surface area contributed by atoms with Gasteiger partial charge in [0.25, 0.3) is 0 Å². The highest BCUT2D eigenvalue weighted by Crippen LogP contribution is 2.77. The number of aliphatic hydroxyl groups excluding tert-OH is 1. The van der Waals surface area contributed by atoms with E-state index in [-0.39, 0.29) is 11.5 Å². The fraction of sp³-hybridized carbons (Fsp3) is 1.00. The molecule has 5 saturated carbocycles. The van der Waals surface area contributed by atoms with Crippen LogP contribution in [0.3, 0.4) is 0 Å². The molecular weight excluding hydrogens is 376 g/mol. The molecule has 0 bridgehead atoms. The number of aliphatic hydroxyl groups is 1. The molecule has 0 spiro atoms. The van der Waals surface area contributed by atoms with Gasteiger partial charge in [0, 0.05) is 0 Å². The molecule has 0 aromatic rings. The molecule has 0 radical (unpaired) electrons. The van der Waals surface area contributed by atoms with E-state index in [0.717, 1.165) is 36.0 Å². The Kier molecular flexibility index (Phi) is 4.96. The van der Waals surface area contributed by atoms with Crippen molar-refractivity contribution >= 4 is 0 Å². The van der Waals surface area contributed by atoms with Crippen molar-refractivity contribution < 1.29 is 5.11 Å². The summed E-state index contributed by atoms with van der Waals surface area (Å²) in [5.41, 5.74) is 2.08. The van der Waals surface area contributed by atoms with Gasteiger partial charge in [0.2, 0.25) is 0 Å². The van der Waals surface area contributed by atoms with Gasteiger partial charge in [0.1, 0.15) is 0 Å². The molecule has 0 heterocycles. The van der Waals surface area contributed by atoms with Gasteiger partial charge in [-0.15, -0.1) is 0 Å². The number of hydrogen-bond donors (Lipinski definition) is 1. The molecule has 1 nitrogen and oxygen atoms in total. The molecule has 178 valence electrons. The highest BCUT2D eigenvalue weighted by molar-refractivity contribution is 5.19. The standard InChI is InChI=1S/C30H52O/c1-19(2)20-11-14-27(5)17-18-29(7)21(25(20)27)9-10-23-28(6)15-13-24(31)26(3,4)22(28)12-16-30(23,29)8/h19-25,31H,9-18H2,1-8H3/t20-,21?,22?,23?,24-,25?,27+,28-,29+,30+/m0/s1. The predicted molar refractivity (Wildman–Crippen MR) is 131 cm³/mol. The second-order valence-corrected chi connectivity index (χ2v) is 15.2. The Morgan fingerprint density at radius 2 is 1.39 bits per heavy atom. The topological polar surface area (TPSA) is 20.2 Å². The summed E-state index contributed by atoms with van der Waals surface area (Å²) in [4.78, 5) is 0. The van der Waals surface area contributed by atoms with Crippen LogP contribution in [-0.4, -0.2) is 11.2 Å². The van der Waals surface area contributed by atoms with Crippen LogP contribution < -0.4 is 0 Å². The first-order valence-electron chi connectivity index (χ1n) is 14.0. The van der Waals surface area contributed by atoms with Crippen molar-refractivity contribution in [3.05, 3.63) is 0 Å². The molecule has 0 amide bonds. The van der Waals surface area contributed by atoms with Gasteiger partial charge in [-0.05, 0) is 127 Å². The molecule has 0 aromatic heterocycles. The Hall–Kier alpha value is -0.0400. The number of rotatable bonds is 1. The lowest BCUT2D eigenvalue weighted by molar-refractivity contribution is -0.248. The van der Waals surface area contributed by atoms with E-state index in [1.54, 1.807) is 0 Å². The Balaban J connectivity index is 1.54. The summed E-state index contributed by atoms with van der Waals surface area (Å²) in [5.74, 6) is 5.21. The van der Waals surface area contributed by atoms with Crippen LogP contribution in [0.15, 0.2) is 0 Å². The Bertz CT molecular complexity index is 724. The van der Waals surface area contributed by atoms with Gasteiger partial charge >= 0.3 is 0 Å². The van der Waals surface area contributed by atoms with Gasteiger partial charge in [0.15, 0.2) is 0 Å². The highest BCUT2D eigenvalue weighted by Gasteiger charge is 2.70. The Morgan fingerprint density at radius 3 is 2.06 bits per heavy atom. The van der Waals surface area contributed by atoms with E-state index in [1.165, 1.54) is 57.8 Å². The molecule has 0 aromatic carbocycles. The molecule has 31 heavy (non-hydrogen) atoms. The lowest BCUT2D eigenvalue weighted by Gasteiger charge is -2.73. The molecule has 1 N–H and O–H groups in total. The van der Waals surface area contributed by atoms with Crippen molar-refractivity contribution in [1.82, 2.24) is 0 Å². The highest BCUT2D eigenvalue weighted by atomic mass is 16.3. The van der Waals surface area contributed by atoms with Crippen molar-refractivity contribution in [2.24, 2.45) is 62.6 Å². The largest absolute Gasteiger partial charge is 0.393 e. The van der Waals surface area contributed by atoms with Crippen LogP contribution in [0.4, 0.5) is 0 Å². The Labute approximate surface area is 193 Å². The summed E-state index contributed by atoms with van der Waals surface area (Å²) in [6.45, 7) is 20.7. The molecule has 5 aliphatic rings. The normalized spacial score (nSPS) is 58.3. The summed E-state index contributed by atoms with van der Waals surface area (Å²) in [7, 11) is 0. The summed E-state index contributed by atoms with van der Waals surface area (Å²) in [5, 5.41) is 10.9. The van der Waals surface area contributed by atoms with Crippen molar-refractivity contribution in [2.75, 3.05) is 0 Å². The summed E-state index contributed by atoms with van der Waals surface area (Å²) in [6, 6.07) is 0. The zero-order valence-electron chi connectivity index (χ0n) is 22.1. The molecular formula is C30H52O. The van der Waals surface area contributed by atoms with E-state index in [1.807, 2.05) is 0 Å². The smallest absolute Gasteiger partial charge is 0.0594 e. The van der Waals surface area contributed by atoms with E-state index >= 15 is 0 Å². The SMILES string of the molecule is CC(C)[C@@H]1CC[C@]2(C)CC[C@]3(C)C(CCC4[C@@]5(C)CC[C@H](O)C(C)(C)C5CC[C@]43C)C12. The van der Waals surface area contributed by atoms with Crippen LogP contribution in [0, 0.1) is 62.6 Å². The molecule has 4 unspecified atom stereocenters. The van der Waals surface area contributed by atoms with Gasteiger partial charge in [-0.25, -0.2) is 0 Å². The van der Waals surface area contributed by atoms with Crippen LogP contribution in [0.25, 0.3) is 0 Å². The van der Waals surface area contributed by atoms with Crippen molar-refractivity contribution in [1.29, 1.82) is 0 Å². The van der Waals surface area contributed by atoms with Crippen LogP contribution in [0.2, 0.25) is 0 Å². The summed E-state index contributed by atoms with van der Waals surface area (Å²) < 4.78 is 0. The van der Waals surface area contributed by atoms with Crippen LogP contribution in [0.5, 0.6) is 0 Å². The third-order valence-corrected chi connectivity index (χ3v) is 13.7. The van der Waals surface area contributed by atoms with Gasteiger partial charge in [-0.2, -0.15) is 0 Å². The third kappa shape index (κ3) is 2.71. The Morgan fingerprint density at radius 1 is 0.677 bits per heavy atom. The lowest BCUT2D eigenvalue weighted by Crippen LogP contribution is -2.66. The second-order valence-electron chi connectivity index (χ2n) is 15.2. The molecule has 5 fully saturated rings. The minimum atomic E-state index is -0.109. The molecule has 0 aliphatic heterocycles. The molecule has 0 saturated heterocycles. The second kappa shape index (κ2) is 6.76. The molecule has 5 rings (SSSR count). The monoisotopic (exact) mass is 428 g/mol. The first-order valence-corrected chi connectivity index (χ1v) is 14.0. The quantitative estimate of drug-likeness (QED) is 0.447. The van der Waals surface area contributed by atoms with Gasteiger partial charge in [-0.1, -0.05) is 55.4 Å². The zero-order valence-corrected chi connectivity index (χ0v) is 22.1. The van der Waals surface area contributed by atoms with Crippen LogP contribution in [0.1, 0.15) is 120 Å². The van der Waals surface area contributed by atoms with Crippen molar-refractivity contribution in [3.63, 3.8) is 0 Å². The fourth-order valence-electron chi connectivity index (χ4n) is 11.7. The van der Waals surface area contributed by atoms with Crippen LogP contribution >= 0.6 is 0 Å². The van der Waals surface area contributed by atoms with E-state index in [9.17, 15) is 5.11 Å². The maximum absolute atomic E-state index is 10.9. The molecule has 10 atom stereocenters. The maximum atomic E-state index is 10.9. The summed E-state index contributed by atoms with van der Waals surface area (Å²) >= 11 is 0. The van der Waals surface area contributed by atoms with E-state index < -0.39 is 0 Å². The number of hydrogen-bond acceptors (Lipinski definition) is 1. The molecule has 1 heteroatoms. The minimum Gasteiger partial charge on any atom is -0.393 e. The molecule has 5 aliphatic carbocycles. The van der Waals surface area contributed by atoms with Crippen LogP contribution in [-0.2, 0) is 0 Å². The summed E-state index contributed by atoms with van der Waals surface area (Å²) in [6.07, 6.45) is 13.7. The maximum Gasteiger partial charge on any atom is 0.0594 e. The van der Waals surface area contributed by atoms with Gasteiger partial charge < -0.3 is 5.11 Å². The predicted octanol–water partition coefficient (Wildman–Crippen LogP) is 8.10. The van der Waals surface area contributed by atoms with E-state index in [4.69, 9.17) is 0 Å². The third-order valence-electron chi connectivity index (χ3n) is 13.7. The van der Waals surface area contributed by atoms with Crippen molar-refractivity contribution in [2.45, 2.75) is 126 Å². The van der Waals surface area contributed by atoms with Gasteiger partial charge in [0.05, 0.1) is 6.10 Å². The lowest BCUT2D eigenvalue weighted by atomic mass is 9.32. The van der Waals surface area contributed by atoms with Gasteiger partial charge in [-0.3, -0.25) is 0 Å². The first-order chi connectivity index (χ1) is 14.3. The number of fused-ring (bicyclic) bond motifs is 7. The first kappa shape index (κ1) is 22.7. The fourth-order valence-corrected chi connectivity index (χ4v) is 11.7. The minimum absolute atomic E-state index is 0.0748. The van der Waals surface area contributed by atoms with E-state index in [0.29, 0.717) is 27.6 Å².